The number of methoxy groups -OCH3 is 2. The van der Waals surface area contributed by atoms with Crippen LogP contribution in [0.2, 0.25) is 10.0 Å². The zero-order chi connectivity index (χ0) is 25.8. The van der Waals surface area contributed by atoms with Crippen LogP contribution in [0.4, 0.5) is 5.69 Å². The Bertz CT molecular complexity index is 1240. The summed E-state index contributed by atoms with van der Waals surface area (Å²) in [6, 6.07) is 8.74. The minimum Gasteiger partial charge on any atom is -0.465 e. The van der Waals surface area contributed by atoms with Crippen molar-refractivity contribution in [2.45, 2.75) is 18.6 Å². The van der Waals surface area contributed by atoms with E-state index in [1.54, 1.807) is 12.1 Å². The van der Waals surface area contributed by atoms with Crippen LogP contribution in [0.15, 0.2) is 36.4 Å². The summed E-state index contributed by atoms with van der Waals surface area (Å²) in [7, 11) is -1.23. The molecule has 0 aliphatic carbocycles. The fourth-order valence-corrected chi connectivity index (χ4v) is 5.89. The highest BCUT2D eigenvalue weighted by Gasteiger charge is 2.32. The van der Waals surface area contributed by atoms with Crippen LogP contribution < -0.4 is 5.32 Å². The normalized spacial score (nSPS) is 14.9. The van der Waals surface area contributed by atoms with Crippen LogP contribution in [-0.2, 0) is 30.0 Å². The standard InChI is InChI=1S/C23H24Cl2N2O7S/c1-33-22(29)15-4-6-18(23(30)34-2)20(11-15)26-21(28)14-7-9-27(10-8-14)35(31,32)13-16-3-5-17(24)12-19(16)25/h3-6,11-12,14H,7-10,13H2,1-2H3,(H,26,28). The van der Waals surface area contributed by atoms with Gasteiger partial charge in [0.15, 0.2) is 0 Å². The lowest BCUT2D eigenvalue weighted by Gasteiger charge is -2.30. The summed E-state index contributed by atoms with van der Waals surface area (Å²) in [5.74, 6) is -2.47. The Morgan fingerprint density at radius 2 is 1.66 bits per heavy atom. The Labute approximate surface area is 213 Å². The lowest BCUT2D eigenvalue weighted by molar-refractivity contribution is -0.120. The molecule has 1 heterocycles. The SMILES string of the molecule is COC(=O)c1ccc(C(=O)OC)c(NC(=O)C2CCN(S(=O)(=O)Cc3ccc(Cl)cc3Cl)CC2)c1. The molecule has 0 aromatic heterocycles. The maximum absolute atomic E-state index is 12.9. The number of hydrogen-bond donors (Lipinski definition) is 1. The Morgan fingerprint density at radius 1 is 1.00 bits per heavy atom. The quantitative estimate of drug-likeness (QED) is 0.529. The van der Waals surface area contributed by atoms with E-state index < -0.39 is 33.8 Å². The molecule has 35 heavy (non-hydrogen) atoms. The van der Waals surface area contributed by atoms with Gasteiger partial charge in [0, 0.05) is 29.1 Å². The molecule has 1 aliphatic rings. The van der Waals surface area contributed by atoms with E-state index in [0.717, 1.165) is 0 Å². The van der Waals surface area contributed by atoms with Crippen molar-refractivity contribution in [3.05, 3.63) is 63.1 Å². The second-order valence-corrected chi connectivity index (χ2v) is 10.7. The van der Waals surface area contributed by atoms with E-state index in [1.807, 2.05) is 0 Å². The van der Waals surface area contributed by atoms with Crippen molar-refractivity contribution in [2.24, 2.45) is 5.92 Å². The van der Waals surface area contributed by atoms with Crippen molar-refractivity contribution >= 4 is 56.8 Å². The summed E-state index contributed by atoms with van der Waals surface area (Å²) < 4.78 is 36.5. The van der Waals surface area contributed by atoms with Crippen molar-refractivity contribution in [2.75, 3.05) is 32.6 Å². The van der Waals surface area contributed by atoms with Gasteiger partial charge in [0.05, 0.1) is 36.8 Å². The highest BCUT2D eigenvalue weighted by molar-refractivity contribution is 7.88. The number of halogens is 2. The number of piperidine rings is 1. The van der Waals surface area contributed by atoms with Crippen molar-refractivity contribution in [3.63, 3.8) is 0 Å². The molecule has 0 atom stereocenters. The molecule has 0 spiro atoms. The van der Waals surface area contributed by atoms with Crippen LogP contribution in [0.3, 0.4) is 0 Å². The first-order chi connectivity index (χ1) is 16.6. The number of anilines is 1. The van der Waals surface area contributed by atoms with Gasteiger partial charge in [-0.25, -0.2) is 22.3 Å². The van der Waals surface area contributed by atoms with E-state index in [0.29, 0.717) is 10.6 Å². The Kier molecular flexibility index (Phi) is 8.76. The topological polar surface area (TPSA) is 119 Å². The number of amides is 1. The van der Waals surface area contributed by atoms with Gasteiger partial charge < -0.3 is 14.8 Å². The molecule has 1 saturated heterocycles. The third-order valence-corrected chi connectivity index (χ3v) is 8.09. The van der Waals surface area contributed by atoms with Gasteiger partial charge in [-0.1, -0.05) is 29.3 Å². The maximum atomic E-state index is 12.9. The van der Waals surface area contributed by atoms with Gasteiger partial charge in [-0.05, 0) is 48.7 Å². The van der Waals surface area contributed by atoms with Crippen molar-refractivity contribution < 1.29 is 32.3 Å². The van der Waals surface area contributed by atoms with E-state index in [9.17, 15) is 22.8 Å². The van der Waals surface area contributed by atoms with Gasteiger partial charge in [-0.2, -0.15) is 0 Å². The summed E-state index contributed by atoms with van der Waals surface area (Å²) in [5, 5.41) is 3.36. The van der Waals surface area contributed by atoms with Crippen LogP contribution in [0.5, 0.6) is 0 Å². The number of nitrogens with zero attached hydrogens (tertiary/aromatic N) is 1. The lowest BCUT2D eigenvalue weighted by Crippen LogP contribution is -2.42. The molecule has 2 aromatic rings. The van der Waals surface area contributed by atoms with E-state index in [-0.39, 0.29) is 53.5 Å². The molecule has 0 unspecified atom stereocenters. The second-order valence-electron chi connectivity index (χ2n) is 7.90. The van der Waals surface area contributed by atoms with Crippen LogP contribution in [0.25, 0.3) is 0 Å². The summed E-state index contributed by atoms with van der Waals surface area (Å²) in [4.78, 5) is 36.9. The number of nitrogens with one attached hydrogen (secondary N) is 1. The van der Waals surface area contributed by atoms with Gasteiger partial charge in [-0.3, -0.25) is 4.79 Å². The largest absolute Gasteiger partial charge is 0.465 e. The van der Waals surface area contributed by atoms with Crippen molar-refractivity contribution in [1.29, 1.82) is 0 Å². The van der Waals surface area contributed by atoms with E-state index >= 15 is 0 Å². The average molecular weight is 543 g/mol. The Hall–Kier alpha value is -2.66. The number of esters is 2. The molecule has 3 rings (SSSR count). The monoisotopic (exact) mass is 542 g/mol. The van der Waals surface area contributed by atoms with Gasteiger partial charge in [0.1, 0.15) is 0 Å². The van der Waals surface area contributed by atoms with Crippen LogP contribution in [-0.4, -0.2) is 57.9 Å². The number of carbonyl (C=O) groups excluding carboxylic acids is 3. The number of sulfonamides is 1. The first kappa shape index (κ1) is 26.9. The minimum absolute atomic E-state index is 0.0772. The molecule has 188 valence electrons. The molecule has 0 bridgehead atoms. The van der Waals surface area contributed by atoms with E-state index in [1.165, 1.54) is 42.8 Å². The summed E-state index contributed by atoms with van der Waals surface area (Å²) in [6.45, 7) is 0.301. The molecule has 1 aliphatic heterocycles. The van der Waals surface area contributed by atoms with E-state index in [4.69, 9.17) is 32.7 Å². The molecule has 2 aromatic carbocycles. The summed E-state index contributed by atoms with van der Waals surface area (Å²) in [5.41, 5.74) is 0.777. The number of carbonyl (C=O) groups is 3. The van der Waals surface area contributed by atoms with Crippen molar-refractivity contribution in [1.82, 2.24) is 4.31 Å². The fraction of sp³-hybridized carbons (Fsp3) is 0.348. The number of hydrogen-bond acceptors (Lipinski definition) is 7. The zero-order valence-electron chi connectivity index (χ0n) is 19.0. The molecule has 1 N–H and O–H groups in total. The smallest absolute Gasteiger partial charge is 0.339 e. The van der Waals surface area contributed by atoms with Gasteiger partial charge in [0.25, 0.3) is 0 Å². The summed E-state index contributed by atoms with van der Waals surface area (Å²) >= 11 is 12.0. The molecule has 0 saturated carbocycles. The number of rotatable bonds is 7. The fourth-order valence-electron chi connectivity index (χ4n) is 3.74. The molecule has 12 heteroatoms. The van der Waals surface area contributed by atoms with Crippen LogP contribution in [0.1, 0.15) is 39.1 Å². The number of ether oxygens (including phenoxy) is 2. The molecule has 9 nitrogen and oxygen atoms in total. The van der Waals surface area contributed by atoms with Crippen molar-refractivity contribution in [3.8, 4) is 0 Å². The van der Waals surface area contributed by atoms with Gasteiger partial charge >= 0.3 is 11.9 Å². The van der Waals surface area contributed by atoms with Gasteiger partial charge in [0.2, 0.25) is 15.9 Å². The zero-order valence-corrected chi connectivity index (χ0v) is 21.4. The van der Waals surface area contributed by atoms with E-state index in [2.05, 4.69) is 5.32 Å². The predicted molar refractivity (Wildman–Crippen MR) is 131 cm³/mol. The van der Waals surface area contributed by atoms with Crippen LogP contribution >= 0.6 is 23.2 Å². The second kappa shape index (κ2) is 11.4. The molecule has 1 fully saturated rings. The Morgan fingerprint density at radius 3 is 2.26 bits per heavy atom. The molecular weight excluding hydrogens is 519 g/mol. The lowest BCUT2D eigenvalue weighted by atomic mass is 9.97. The molecule has 1 amide bonds. The average Bonchev–Trinajstić information content (AvgIpc) is 2.84. The molecular formula is C23H24Cl2N2O7S. The highest BCUT2D eigenvalue weighted by Crippen LogP contribution is 2.28. The van der Waals surface area contributed by atoms with Gasteiger partial charge in [-0.15, -0.1) is 0 Å². The maximum Gasteiger partial charge on any atom is 0.339 e. The minimum atomic E-state index is -3.66. The van der Waals surface area contributed by atoms with Crippen LogP contribution in [0, 0.1) is 5.92 Å². The summed E-state index contributed by atoms with van der Waals surface area (Å²) in [6.07, 6.45) is 0.563. The first-order valence-corrected chi connectivity index (χ1v) is 13.0. The molecule has 0 radical (unpaired) electrons. The Balaban J connectivity index is 1.68. The third kappa shape index (κ3) is 6.52. The number of benzene rings is 2. The predicted octanol–water partition coefficient (Wildman–Crippen LogP) is 3.75. The highest BCUT2D eigenvalue weighted by atomic mass is 35.5. The third-order valence-electron chi connectivity index (χ3n) is 5.67. The first-order valence-electron chi connectivity index (χ1n) is 10.6.